The minimum absolute atomic E-state index is 0.165. The SMILES string of the molecule is CCOc1ccc(C(C)=NNC(=O)c2ccc(CN(c3ccc(C)c(C)c3)S(C)(=O)=O)cc2)cc1. The smallest absolute Gasteiger partial charge is 0.271 e. The Morgan fingerprint density at radius 1 is 0.943 bits per heavy atom. The van der Waals surface area contributed by atoms with Gasteiger partial charge in [-0.3, -0.25) is 9.10 Å². The van der Waals surface area contributed by atoms with Crippen LogP contribution in [0.25, 0.3) is 0 Å². The molecule has 0 spiro atoms. The number of amides is 1. The molecule has 35 heavy (non-hydrogen) atoms. The van der Waals surface area contributed by atoms with Gasteiger partial charge in [-0.05, 0) is 98.5 Å². The van der Waals surface area contributed by atoms with E-state index in [9.17, 15) is 13.2 Å². The van der Waals surface area contributed by atoms with Gasteiger partial charge in [-0.25, -0.2) is 13.8 Å². The van der Waals surface area contributed by atoms with Crippen molar-refractivity contribution in [2.75, 3.05) is 17.2 Å². The third kappa shape index (κ3) is 6.93. The van der Waals surface area contributed by atoms with Gasteiger partial charge < -0.3 is 4.74 Å². The number of ether oxygens (including phenoxy) is 1. The number of nitrogens with one attached hydrogen (secondary N) is 1. The van der Waals surface area contributed by atoms with E-state index in [-0.39, 0.29) is 12.5 Å². The van der Waals surface area contributed by atoms with E-state index in [0.717, 1.165) is 28.0 Å². The molecule has 0 unspecified atom stereocenters. The Morgan fingerprint density at radius 2 is 1.57 bits per heavy atom. The molecule has 3 aromatic carbocycles. The first-order chi connectivity index (χ1) is 16.6. The number of hydrazone groups is 1. The van der Waals surface area contributed by atoms with Crippen LogP contribution in [-0.4, -0.2) is 32.9 Å². The molecule has 184 valence electrons. The maximum atomic E-state index is 12.6. The van der Waals surface area contributed by atoms with Crippen LogP contribution in [0.5, 0.6) is 5.75 Å². The van der Waals surface area contributed by atoms with Gasteiger partial charge in [-0.15, -0.1) is 0 Å². The van der Waals surface area contributed by atoms with E-state index in [1.165, 1.54) is 10.6 Å². The zero-order valence-electron chi connectivity index (χ0n) is 20.7. The van der Waals surface area contributed by atoms with Crippen LogP contribution < -0.4 is 14.5 Å². The molecule has 0 fully saturated rings. The maximum absolute atomic E-state index is 12.6. The molecule has 0 atom stereocenters. The van der Waals surface area contributed by atoms with Crippen molar-refractivity contribution in [2.24, 2.45) is 5.10 Å². The van der Waals surface area contributed by atoms with Crippen molar-refractivity contribution in [3.63, 3.8) is 0 Å². The van der Waals surface area contributed by atoms with Gasteiger partial charge in [0.05, 0.1) is 30.8 Å². The van der Waals surface area contributed by atoms with Crippen LogP contribution in [0.1, 0.15) is 46.5 Å². The molecule has 8 heteroatoms. The van der Waals surface area contributed by atoms with E-state index in [2.05, 4.69) is 10.5 Å². The number of aryl methyl sites for hydroxylation is 2. The Morgan fingerprint density at radius 3 is 2.14 bits per heavy atom. The van der Waals surface area contributed by atoms with Crippen LogP contribution in [0.3, 0.4) is 0 Å². The second-order valence-corrected chi connectivity index (χ2v) is 10.2. The first-order valence-electron chi connectivity index (χ1n) is 11.3. The number of hydrogen-bond donors (Lipinski definition) is 1. The zero-order valence-corrected chi connectivity index (χ0v) is 21.5. The van der Waals surface area contributed by atoms with E-state index >= 15 is 0 Å². The quantitative estimate of drug-likeness (QED) is 0.342. The molecule has 3 rings (SSSR count). The van der Waals surface area contributed by atoms with Crippen LogP contribution in [0.2, 0.25) is 0 Å². The average Bonchev–Trinajstić information content (AvgIpc) is 2.83. The third-order valence-electron chi connectivity index (χ3n) is 5.63. The molecule has 0 radical (unpaired) electrons. The van der Waals surface area contributed by atoms with Gasteiger partial charge in [-0.2, -0.15) is 5.10 Å². The summed E-state index contributed by atoms with van der Waals surface area (Å²) in [4.78, 5) is 12.6. The number of nitrogens with zero attached hydrogens (tertiary/aromatic N) is 2. The highest BCUT2D eigenvalue weighted by Crippen LogP contribution is 2.23. The van der Waals surface area contributed by atoms with Crippen LogP contribution in [0, 0.1) is 13.8 Å². The molecule has 3 aromatic rings. The lowest BCUT2D eigenvalue weighted by atomic mass is 10.1. The molecule has 0 saturated carbocycles. The van der Waals surface area contributed by atoms with Crippen molar-refractivity contribution in [1.82, 2.24) is 5.43 Å². The highest BCUT2D eigenvalue weighted by atomic mass is 32.2. The Balaban J connectivity index is 1.69. The first kappa shape index (κ1) is 26.0. The predicted octanol–water partition coefficient (Wildman–Crippen LogP) is 4.82. The van der Waals surface area contributed by atoms with Crippen molar-refractivity contribution in [3.8, 4) is 5.75 Å². The predicted molar refractivity (Wildman–Crippen MR) is 141 cm³/mol. The Bertz CT molecular complexity index is 1320. The van der Waals surface area contributed by atoms with Gasteiger partial charge in [0, 0.05) is 5.56 Å². The minimum Gasteiger partial charge on any atom is -0.494 e. The fourth-order valence-corrected chi connectivity index (χ4v) is 4.31. The molecule has 0 aliphatic rings. The zero-order chi connectivity index (χ0) is 25.6. The summed E-state index contributed by atoms with van der Waals surface area (Å²) in [5.41, 5.74) is 8.01. The topological polar surface area (TPSA) is 88.1 Å². The fraction of sp³-hybridized carbons (Fsp3) is 0.259. The van der Waals surface area contributed by atoms with E-state index < -0.39 is 10.0 Å². The summed E-state index contributed by atoms with van der Waals surface area (Å²) >= 11 is 0. The lowest BCUT2D eigenvalue weighted by Gasteiger charge is -2.23. The standard InChI is InChI=1S/C27H31N3O4S/c1-6-34-26-15-12-23(13-16-26)21(4)28-29-27(31)24-10-8-22(9-11-24)18-30(35(5,32)33)25-14-7-19(2)20(3)17-25/h7-17H,6,18H2,1-5H3,(H,29,31). The molecule has 0 bridgehead atoms. The summed E-state index contributed by atoms with van der Waals surface area (Å²) in [7, 11) is -3.49. The lowest BCUT2D eigenvalue weighted by molar-refractivity contribution is 0.0955. The van der Waals surface area contributed by atoms with Crippen molar-refractivity contribution < 1.29 is 17.9 Å². The number of carbonyl (C=O) groups excluding carboxylic acids is 1. The molecule has 0 aliphatic carbocycles. The highest BCUT2D eigenvalue weighted by molar-refractivity contribution is 7.92. The molecular weight excluding hydrogens is 462 g/mol. The first-order valence-corrected chi connectivity index (χ1v) is 13.1. The Labute approximate surface area is 207 Å². The second kappa shape index (κ2) is 11.2. The van der Waals surface area contributed by atoms with Crippen LogP contribution in [0.15, 0.2) is 71.8 Å². The number of rotatable bonds is 9. The van der Waals surface area contributed by atoms with E-state index in [1.54, 1.807) is 30.3 Å². The van der Waals surface area contributed by atoms with Crippen LogP contribution in [-0.2, 0) is 16.6 Å². The van der Waals surface area contributed by atoms with Crippen molar-refractivity contribution >= 4 is 27.3 Å². The van der Waals surface area contributed by atoms with Crippen molar-refractivity contribution in [1.29, 1.82) is 0 Å². The maximum Gasteiger partial charge on any atom is 0.271 e. The third-order valence-corrected chi connectivity index (χ3v) is 6.77. The van der Waals surface area contributed by atoms with Gasteiger partial charge in [-0.1, -0.05) is 18.2 Å². The largest absolute Gasteiger partial charge is 0.494 e. The number of benzene rings is 3. The molecule has 7 nitrogen and oxygen atoms in total. The van der Waals surface area contributed by atoms with Gasteiger partial charge in [0.15, 0.2) is 0 Å². The monoisotopic (exact) mass is 493 g/mol. The highest BCUT2D eigenvalue weighted by Gasteiger charge is 2.18. The average molecular weight is 494 g/mol. The number of anilines is 1. The Kier molecular flexibility index (Phi) is 8.30. The van der Waals surface area contributed by atoms with Crippen molar-refractivity contribution in [2.45, 2.75) is 34.2 Å². The van der Waals surface area contributed by atoms with E-state index in [0.29, 0.717) is 23.6 Å². The van der Waals surface area contributed by atoms with Gasteiger partial charge >= 0.3 is 0 Å². The fourth-order valence-electron chi connectivity index (χ4n) is 3.43. The normalized spacial score (nSPS) is 11.7. The van der Waals surface area contributed by atoms with Gasteiger partial charge in [0.2, 0.25) is 10.0 Å². The van der Waals surface area contributed by atoms with Gasteiger partial charge in [0.1, 0.15) is 5.75 Å². The van der Waals surface area contributed by atoms with Gasteiger partial charge in [0.25, 0.3) is 5.91 Å². The summed E-state index contributed by atoms with van der Waals surface area (Å²) < 4.78 is 31.7. The molecule has 0 aliphatic heterocycles. The van der Waals surface area contributed by atoms with Crippen LogP contribution >= 0.6 is 0 Å². The molecular formula is C27H31N3O4S. The second-order valence-electron chi connectivity index (χ2n) is 8.33. The molecule has 0 saturated heterocycles. The molecule has 0 aromatic heterocycles. The number of carbonyl (C=O) groups is 1. The summed E-state index contributed by atoms with van der Waals surface area (Å²) in [5, 5.41) is 4.19. The summed E-state index contributed by atoms with van der Waals surface area (Å²) in [6.07, 6.45) is 1.19. The van der Waals surface area contributed by atoms with E-state index in [1.807, 2.05) is 64.1 Å². The molecule has 0 heterocycles. The molecule has 1 amide bonds. The molecule has 1 N–H and O–H groups in total. The number of sulfonamides is 1. The van der Waals surface area contributed by atoms with E-state index in [4.69, 9.17) is 4.74 Å². The Hall–Kier alpha value is -3.65. The van der Waals surface area contributed by atoms with Crippen LogP contribution in [0.4, 0.5) is 5.69 Å². The minimum atomic E-state index is -3.49. The lowest BCUT2D eigenvalue weighted by Crippen LogP contribution is -2.29. The van der Waals surface area contributed by atoms with Crippen molar-refractivity contribution in [3.05, 3.63) is 94.5 Å². The number of hydrogen-bond acceptors (Lipinski definition) is 5. The summed E-state index contributed by atoms with van der Waals surface area (Å²) in [6, 6.07) is 19.9. The summed E-state index contributed by atoms with van der Waals surface area (Å²) in [6.45, 7) is 8.43. The summed E-state index contributed by atoms with van der Waals surface area (Å²) in [5.74, 6) is 0.427.